The van der Waals surface area contributed by atoms with Crippen LogP contribution in [0.5, 0.6) is 0 Å². The first-order chi connectivity index (χ1) is 8.70. The molecule has 1 aliphatic heterocycles. The Bertz CT molecular complexity index is 347. The van der Waals surface area contributed by atoms with E-state index in [0.717, 1.165) is 0 Å². The lowest BCUT2D eigenvalue weighted by Gasteiger charge is -2.34. The van der Waals surface area contributed by atoms with Gasteiger partial charge in [-0.05, 0) is 26.3 Å². The summed E-state index contributed by atoms with van der Waals surface area (Å²) in [6.07, 6.45) is -3.35. The van der Waals surface area contributed by atoms with Crippen molar-refractivity contribution in [1.29, 1.82) is 0 Å². The van der Waals surface area contributed by atoms with Crippen molar-refractivity contribution in [3.05, 3.63) is 0 Å². The van der Waals surface area contributed by atoms with E-state index in [2.05, 4.69) is 0 Å². The molecule has 1 rings (SSSR count). The number of hydrogen-bond acceptors (Lipinski definition) is 3. The molecule has 0 radical (unpaired) electrons. The molecule has 2 N–H and O–H groups in total. The monoisotopic (exact) mass is 282 g/mol. The summed E-state index contributed by atoms with van der Waals surface area (Å²) < 4.78 is 36.0. The van der Waals surface area contributed by atoms with Crippen molar-refractivity contribution in [2.45, 2.75) is 32.0 Å². The molecule has 0 aliphatic carbocycles. The number of carbonyl (C=O) groups is 2. The van der Waals surface area contributed by atoms with E-state index in [1.54, 1.807) is 4.90 Å². The minimum absolute atomic E-state index is 0.178. The van der Waals surface area contributed by atoms with E-state index >= 15 is 0 Å². The van der Waals surface area contributed by atoms with Gasteiger partial charge in [-0.1, -0.05) is 0 Å². The van der Waals surface area contributed by atoms with Crippen LogP contribution in [0.4, 0.5) is 13.2 Å². The summed E-state index contributed by atoms with van der Waals surface area (Å²) in [5, 5.41) is 10.7. The topological polar surface area (TPSA) is 69.6 Å². The Kier molecular flexibility index (Phi) is 5.16. The first kappa shape index (κ1) is 15.7. The third kappa shape index (κ3) is 5.06. The molecule has 2 atom stereocenters. The second-order valence-corrected chi connectivity index (χ2v) is 4.68. The van der Waals surface area contributed by atoms with E-state index in [9.17, 15) is 22.8 Å². The van der Waals surface area contributed by atoms with Gasteiger partial charge in [-0.15, -0.1) is 0 Å². The van der Waals surface area contributed by atoms with Crippen LogP contribution in [0, 0.1) is 5.92 Å². The SMILES string of the molecule is C[C@H](C(=O)O)N1CCC[C@H](C(=O)NCC(F)(F)F)C1. The summed E-state index contributed by atoms with van der Waals surface area (Å²) in [6, 6.07) is -0.738. The molecule has 0 saturated carbocycles. The third-order valence-electron chi connectivity index (χ3n) is 3.19. The zero-order valence-electron chi connectivity index (χ0n) is 10.5. The first-order valence-corrected chi connectivity index (χ1v) is 6.02. The predicted octanol–water partition coefficient (Wildman–Crippen LogP) is 0.850. The van der Waals surface area contributed by atoms with Crippen LogP contribution in [0.15, 0.2) is 0 Å². The Balaban J connectivity index is 2.50. The van der Waals surface area contributed by atoms with Crippen molar-refractivity contribution in [3.63, 3.8) is 0 Å². The van der Waals surface area contributed by atoms with Gasteiger partial charge >= 0.3 is 12.1 Å². The molecule has 0 aromatic carbocycles. The fourth-order valence-corrected chi connectivity index (χ4v) is 2.06. The average Bonchev–Trinajstić information content (AvgIpc) is 2.34. The zero-order valence-corrected chi connectivity index (χ0v) is 10.5. The molecule has 5 nitrogen and oxygen atoms in total. The molecule has 0 spiro atoms. The first-order valence-electron chi connectivity index (χ1n) is 6.02. The number of nitrogens with one attached hydrogen (secondary N) is 1. The van der Waals surface area contributed by atoms with Crippen molar-refractivity contribution >= 4 is 11.9 Å². The number of halogens is 3. The Labute approximate surface area is 108 Å². The molecule has 19 heavy (non-hydrogen) atoms. The van der Waals surface area contributed by atoms with Gasteiger partial charge in [0.15, 0.2) is 0 Å². The number of likely N-dealkylation sites (tertiary alicyclic amines) is 1. The lowest BCUT2D eigenvalue weighted by Crippen LogP contribution is -2.49. The quantitative estimate of drug-likeness (QED) is 0.802. The predicted molar refractivity (Wildman–Crippen MR) is 60.5 cm³/mol. The lowest BCUT2D eigenvalue weighted by molar-refractivity contribution is -0.146. The number of aliphatic carboxylic acids is 1. The molecule has 1 saturated heterocycles. The van der Waals surface area contributed by atoms with E-state index in [0.29, 0.717) is 19.4 Å². The van der Waals surface area contributed by atoms with Gasteiger partial charge in [-0.2, -0.15) is 13.2 Å². The summed E-state index contributed by atoms with van der Waals surface area (Å²) in [6.45, 7) is 0.864. The largest absolute Gasteiger partial charge is 0.480 e. The van der Waals surface area contributed by atoms with Crippen LogP contribution in [0.3, 0.4) is 0 Å². The van der Waals surface area contributed by atoms with Gasteiger partial charge in [-0.3, -0.25) is 14.5 Å². The minimum atomic E-state index is -4.43. The second-order valence-electron chi connectivity index (χ2n) is 4.68. The Morgan fingerprint density at radius 2 is 2.11 bits per heavy atom. The van der Waals surface area contributed by atoms with E-state index in [4.69, 9.17) is 5.11 Å². The van der Waals surface area contributed by atoms with Crippen LogP contribution in [-0.4, -0.2) is 53.7 Å². The van der Waals surface area contributed by atoms with Gasteiger partial charge in [0.25, 0.3) is 0 Å². The number of nitrogens with zero attached hydrogens (tertiary/aromatic N) is 1. The van der Waals surface area contributed by atoms with Crippen LogP contribution in [-0.2, 0) is 9.59 Å². The van der Waals surface area contributed by atoms with Crippen LogP contribution < -0.4 is 5.32 Å². The zero-order chi connectivity index (χ0) is 14.6. The number of amides is 1. The second kappa shape index (κ2) is 6.23. The highest BCUT2D eigenvalue weighted by Gasteiger charge is 2.33. The molecule has 0 bridgehead atoms. The van der Waals surface area contributed by atoms with Crippen LogP contribution in [0.2, 0.25) is 0 Å². The standard InChI is InChI=1S/C11H17F3N2O3/c1-7(10(18)19)16-4-2-3-8(5-16)9(17)15-6-11(12,13)14/h7-8H,2-6H2,1H3,(H,15,17)(H,18,19)/t7-,8+/m1/s1. The summed E-state index contributed by atoms with van der Waals surface area (Å²) in [5.41, 5.74) is 0. The molecule has 0 aromatic rings. The summed E-state index contributed by atoms with van der Waals surface area (Å²) in [5.74, 6) is -2.26. The highest BCUT2D eigenvalue weighted by molar-refractivity contribution is 5.79. The molecule has 0 aromatic heterocycles. The van der Waals surface area contributed by atoms with E-state index in [1.807, 2.05) is 5.32 Å². The molecule has 1 amide bonds. The number of carbonyl (C=O) groups excluding carboxylic acids is 1. The van der Waals surface area contributed by atoms with Crippen LogP contribution in [0.25, 0.3) is 0 Å². The molecule has 8 heteroatoms. The lowest BCUT2D eigenvalue weighted by atomic mass is 9.96. The maximum Gasteiger partial charge on any atom is 0.405 e. The number of alkyl halides is 3. The number of hydrogen-bond donors (Lipinski definition) is 2. The minimum Gasteiger partial charge on any atom is -0.480 e. The van der Waals surface area contributed by atoms with E-state index in [1.165, 1.54) is 6.92 Å². The Morgan fingerprint density at radius 3 is 2.63 bits per heavy atom. The molecular weight excluding hydrogens is 265 g/mol. The third-order valence-corrected chi connectivity index (χ3v) is 3.19. The molecular formula is C11H17F3N2O3. The van der Waals surface area contributed by atoms with Gasteiger partial charge in [-0.25, -0.2) is 0 Å². The molecule has 1 aliphatic rings. The number of carboxylic acid groups (broad SMARTS) is 1. The van der Waals surface area contributed by atoms with Crippen LogP contribution in [0.1, 0.15) is 19.8 Å². The fourth-order valence-electron chi connectivity index (χ4n) is 2.06. The summed E-state index contributed by atoms with van der Waals surface area (Å²) in [4.78, 5) is 24.0. The fraction of sp³-hybridized carbons (Fsp3) is 0.818. The van der Waals surface area contributed by atoms with E-state index in [-0.39, 0.29) is 6.54 Å². The molecule has 110 valence electrons. The van der Waals surface area contributed by atoms with Gasteiger partial charge in [0, 0.05) is 6.54 Å². The Morgan fingerprint density at radius 1 is 1.47 bits per heavy atom. The van der Waals surface area contributed by atoms with Gasteiger partial charge < -0.3 is 10.4 Å². The maximum atomic E-state index is 12.0. The highest BCUT2D eigenvalue weighted by Crippen LogP contribution is 2.19. The highest BCUT2D eigenvalue weighted by atomic mass is 19.4. The molecule has 1 fully saturated rings. The number of carboxylic acids is 1. The van der Waals surface area contributed by atoms with Crippen molar-refractivity contribution in [3.8, 4) is 0 Å². The molecule has 1 heterocycles. The molecule has 0 unspecified atom stereocenters. The van der Waals surface area contributed by atoms with Gasteiger partial charge in [0.05, 0.1) is 5.92 Å². The Hall–Kier alpha value is -1.31. The maximum absolute atomic E-state index is 12.0. The van der Waals surface area contributed by atoms with Crippen LogP contribution >= 0.6 is 0 Å². The van der Waals surface area contributed by atoms with E-state index < -0.39 is 36.6 Å². The number of rotatable bonds is 4. The van der Waals surface area contributed by atoms with Crippen molar-refractivity contribution in [2.24, 2.45) is 5.92 Å². The average molecular weight is 282 g/mol. The van der Waals surface area contributed by atoms with Crippen molar-refractivity contribution < 1.29 is 27.9 Å². The normalized spacial score (nSPS) is 22.8. The summed E-state index contributed by atoms with van der Waals surface area (Å²) in [7, 11) is 0. The number of piperidine rings is 1. The van der Waals surface area contributed by atoms with Crippen molar-refractivity contribution in [2.75, 3.05) is 19.6 Å². The van der Waals surface area contributed by atoms with Crippen molar-refractivity contribution in [1.82, 2.24) is 10.2 Å². The van der Waals surface area contributed by atoms with Gasteiger partial charge in [0.2, 0.25) is 5.91 Å². The summed E-state index contributed by atoms with van der Waals surface area (Å²) >= 11 is 0. The smallest absolute Gasteiger partial charge is 0.405 e. The van der Waals surface area contributed by atoms with Gasteiger partial charge in [0.1, 0.15) is 12.6 Å².